The maximum Gasteiger partial charge on any atom is 0.291 e. The van der Waals surface area contributed by atoms with Crippen LogP contribution in [-0.2, 0) is 17.6 Å². The Balaban J connectivity index is 1.38. The van der Waals surface area contributed by atoms with Crippen LogP contribution in [0.4, 0.5) is 0 Å². The van der Waals surface area contributed by atoms with Crippen LogP contribution in [0.2, 0.25) is 0 Å². The number of carbonyl (C=O) groups excluding carboxylic acids is 1. The highest BCUT2D eigenvalue weighted by Crippen LogP contribution is 2.29. The van der Waals surface area contributed by atoms with Gasteiger partial charge < -0.3 is 9.64 Å². The fourth-order valence-corrected chi connectivity index (χ4v) is 4.62. The number of likely N-dealkylation sites (tertiary alicyclic amines) is 1. The second-order valence-corrected chi connectivity index (χ2v) is 7.91. The summed E-state index contributed by atoms with van der Waals surface area (Å²) >= 11 is 0. The van der Waals surface area contributed by atoms with E-state index in [2.05, 4.69) is 44.3 Å². The highest BCUT2D eigenvalue weighted by molar-refractivity contribution is 5.90. The minimum atomic E-state index is -0.0973. The molecule has 0 bridgehead atoms. The maximum absolute atomic E-state index is 12.8. The Hall–Kier alpha value is -2.25. The van der Waals surface area contributed by atoms with Crippen LogP contribution in [0, 0.1) is 5.92 Å². The molecule has 7 nitrogen and oxygen atoms in total. The lowest BCUT2D eigenvalue weighted by Crippen LogP contribution is -2.47. The number of ether oxygens (including phenoxy) is 1. The van der Waals surface area contributed by atoms with Gasteiger partial charge in [0.25, 0.3) is 5.91 Å². The van der Waals surface area contributed by atoms with Crippen molar-refractivity contribution < 1.29 is 9.53 Å². The van der Waals surface area contributed by atoms with Crippen molar-refractivity contribution >= 4 is 5.91 Å². The standard InChI is InChI=1S/C21H29N5O2/c1-28-10-9-26(21(27)20-22-15-23-24-20)14-16-5-4-8-25(13-16)19-11-17-6-2-3-7-18(17)12-19/h2-3,6-7,15-16,19H,4-5,8-14H2,1H3,(H,22,23,24). The Bertz CT molecular complexity index is 754. The minimum Gasteiger partial charge on any atom is -0.383 e. The van der Waals surface area contributed by atoms with Crippen LogP contribution in [0.25, 0.3) is 0 Å². The van der Waals surface area contributed by atoms with Gasteiger partial charge in [0.2, 0.25) is 5.82 Å². The number of H-pyrrole nitrogens is 1. The zero-order valence-corrected chi connectivity index (χ0v) is 16.5. The molecule has 7 heteroatoms. The van der Waals surface area contributed by atoms with Gasteiger partial charge in [-0.25, -0.2) is 4.98 Å². The van der Waals surface area contributed by atoms with Crippen molar-refractivity contribution in [3.8, 4) is 0 Å². The van der Waals surface area contributed by atoms with E-state index in [0.29, 0.717) is 30.9 Å². The Labute approximate surface area is 166 Å². The smallest absolute Gasteiger partial charge is 0.291 e. The summed E-state index contributed by atoms with van der Waals surface area (Å²) in [6.45, 7) is 4.03. The molecule has 1 unspecified atom stereocenters. The van der Waals surface area contributed by atoms with E-state index in [1.165, 1.54) is 23.9 Å². The largest absolute Gasteiger partial charge is 0.383 e. The molecule has 1 aliphatic heterocycles. The Morgan fingerprint density at radius 3 is 2.79 bits per heavy atom. The summed E-state index contributed by atoms with van der Waals surface area (Å²) in [7, 11) is 1.66. The summed E-state index contributed by atoms with van der Waals surface area (Å²) in [6, 6.07) is 9.41. The van der Waals surface area contributed by atoms with Gasteiger partial charge in [0.15, 0.2) is 0 Å². The number of methoxy groups -OCH3 is 1. The van der Waals surface area contributed by atoms with Gasteiger partial charge in [-0.15, -0.1) is 0 Å². The Morgan fingerprint density at radius 1 is 1.32 bits per heavy atom. The summed E-state index contributed by atoms with van der Waals surface area (Å²) in [5, 5.41) is 6.50. The van der Waals surface area contributed by atoms with E-state index >= 15 is 0 Å². The third-order valence-corrected chi connectivity index (χ3v) is 6.04. The van der Waals surface area contributed by atoms with Crippen LogP contribution < -0.4 is 0 Å². The van der Waals surface area contributed by atoms with Crippen molar-refractivity contribution in [1.82, 2.24) is 25.0 Å². The highest BCUT2D eigenvalue weighted by Gasteiger charge is 2.32. The molecule has 0 radical (unpaired) electrons. The van der Waals surface area contributed by atoms with Crippen molar-refractivity contribution in [2.45, 2.75) is 31.7 Å². The normalized spacial score (nSPS) is 20.2. The molecule has 150 valence electrons. The number of aromatic amines is 1. The number of fused-ring (bicyclic) bond motifs is 1. The fourth-order valence-electron chi connectivity index (χ4n) is 4.62. The lowest BCUT2D eigenvalue weighted by Gasteiger charge is -2.38. The summed E-state index contributed by atoms with van der Waals surface area (Å²) < 4.78 is 5.22. The number of amides is 1. The van der Waals surface area contributed by atoms with Crippen LogP contribution >= 0.6 is 0 Å². The molecule has 1 saturated heterocycles. The monoisotopic (exact) mass is 383 g/mol. The van der Waals surface area contributed by atoms with Crippen LogP contribution in [-0.4, -0.2) is 76.8 Å². The molecule has 1 aromatic heterocycles. The summed E-state index contributed by atoms with van der Waals surface area (Å²) in [6.07, 6.45) is 6.01. The zero-order valence-electron chi connectivity index (χ0n) is 16.5. The molecule has 4 rings (SSSR count). The molecule has 2 aliphatic rings. The van der Waals surface area contributed by atoms with Gasteiger partial charge in [-0.2, -0.15) is 5.10 Å². The minimum absolute atomic E-state index is 0.0973. The van der Waals surface area contributed by atoms with Crippen molar-refractivity contribution in [2.75, 3.05) is 39.9 Å². The van der Waals surface area contributed by atoms with Crippen molar-refractivity contribution in [1.29, 1.82) is 0 Å². The van der Waals surface area contributed by atoms with Crippen LogP contribution in [0.1, 0.15) is 34.6 Å². The summed E-state index contributed by atoms with van der Waals surface area (Å²) in [5.74, 6) is 0.677. The topological polar surface area (TPSA) is 74.3 Å². The quantitative estimate of drug-likeness (QED) is 0.789. The van der Waals surface area contributed by atoms with E-state index in [9.17, 15) is 4.79 Å². The van der Waals surface area contributed by atoms with E-state index in [4.69, 9.17) is 4.74 Å². The first-order chi connectivity index (χ1) is 13.7. The van der Waals surface area contributed by atoms with Gasteiger partial charge in [-0.1, -0.05) is 24.3 Å². The predicted molar refractivity (Wildman–Crippen MR) is 106 cm³/mol. The van der Waals surface area contributed by atoms with E-state index in [1.807, 2.05) is 4.90 Å². The number of carbonyl (C=O) groups is 1. The summed E-state index contributed by atoms with van der Waals surface area (Å²) in [5.41, 5.74) is 2.99. The van der Waals surface area contributed by atoms with Crippen molar-refractivity contribution in [2.24, 2.45) is 5.92 Å². The molecule has 1 aliphatic carbocycles. The summed E-state index contributed by atoms with van der Waals surface area (Å²) in [4.78, 5) is 21.3. The number of benzene rings is 1. The Morgan fingerprint density at radius 2 is 2.11 bits per heavy atom. The van der Waals surface area contributed by atoms with Gasteiger partial charge in [0.1, 0.15) is 6.33 Å². The molecule has 1 atom stereocenters. The first-order valence-corrected chi connectivity index (χ1v) is 10.2. The lowest BCUT2D eigenvalue weighted by molar-refractivity contribution is 0.0563. The number of rotatable bonds is 7. The van der Waals surface area contributed by atoms with E-state index in [-0.39, 0.29) is 5.91 Å². The van der Waals surface area contributed by atoms with Crippen molar-refractivity contribution in [3.05, 3.63) is 47.5 Å². The predicted octanol–water partition coefficient (Wildman–Crippen LogP) is 1.77. The third kappa shape index (κ3) is 4.25. The Kier molecular flexibility index (Phi) is 6.02. The van der Waals surface area contributed by atoms with Gasteiger partial charge in [-0.05, 0) is 49.3 Å². The number of piperidine rings is 1. The third-order valence-electron chi connectivity index (χ3n) is 6.04. The molecule has 2 aromatic rings. The van der Waals surface area contributed by atoms with E-state index < -0.39 is 0 Å². The molecule has 0 spiro atoms. The SMILES string of the molecule is COCCN(CC1CCCN(C2Cc3ccccc3C2)C1)C(=O)c1ncn[nH]1. The molecular weight excluding hydrogens is 354 g/mol. The molecule has 28 heavy (non-hydrogen) atoms. The maximum atomic E-state index is 12.8. The second-order valence-electron chi connectivity index (χ2n) is 7.91. The molecule has 1 amide bonds. The van der Waals surface area contributed by atoms with Crippen LogP contribution in [0.3, 0.4) is 0 Å². The second kappa shape index (κ2) is 8.84. The lowest BCUT2D eigenvalue weighted by atomic mass is 9.95. The average Bonchev–Trinajstić information content (AvgIpc) is 3.40. The number of hydrogen-bond acceptors (Lipinski definition) is 5. The van der Waals surface area contributed by atoms with E-state index in [0.717, 1.165) is 38.9 Å². The van der Waals surface area contributed by atoms with E-state index in [1.54, 1.807) is 7.11 Å². The molecule has 0 saturated carbocycles. The average molecular weight is 383 g/mol. The molecule has 1 aromatic carbocycles. The van der Waals surface area contributed by atoms with Crippen molar-refractivity contribution in [3.63, 3.8) is 0 Å². The number of hydrogen-bond donors (Lipinski definition) is 1. The first kappa shape index (κ1) is 19.1. The highest BCUT2D eigenvalue weighted by atomic mass is 16.5. The molecular formula is C21H29N5O2. The first-order valence-electron chi connectivity index (χ1n) is 10.2. The van der Waals surface area contributed by atoms with Gasteiger partial charge in [-0.3, -0.25) is 14.8 Å². The van der Waals surface area contributed by atoms with Crippen LogP contribution in [0.15, 0.2) is 30.6 Å². The van der Waals surface area contributed by atoms with Gasteiger partial charge >= 0.3 is 0 Å². The number of aromatic nitrogens is 3. The molecule has 2 heterocycles. The number of nitrogens with zero attached hydrogens (tertiary/aromatic N) is 4. The van der Waals surface area contributed by atoms with Gasteiger partial charge in [0, 0.05) is 32.8 Å². The van der Waals surface area contributed by atoms with Crippen LogP contribution in [0.5, 0.6) is 0 Å². The molecule has 1 fully saturated rings. The fraction of sp³-hybridized carbons (Fsp3) is 0.571. The number of nitrogens with one attached hydrogen (secondary N) is 1. The molecule has 1 N–H and O–H groups in total. The van der Waals surface area contributed by atoms with Gasteiger partial charge in [0.05, 0.1) is 6.61 Å². The zero-order chi connectivity index (χ0) is 19.3.